The Kier molecular flexibility index (Phi) is 4.66. The normalized spacial score (nSPS) is 14.4. The molecule has 1 N–H and O–H groups in total. The van der Waals surface area contributed by atoms with E-state index in [1.807, 2.05) is 29.3 Å². The van der Waals surface area contributed by atoms with Crippen LogP contribution in [0.3, 0.4) is 0 Å². The predicted molar refractivity (Wildman–Crippen MR) is 101 cm³/mol. The Morgan fingerprint density at radius 1 is 1.41 bits per heavy atom. The van der Waals surface area contributed by atoms with Gasteiger partial charge in [-0.25, -0.2) is 0 Å². The fourth-order valence-corrected chi connectivity index (χ4v) is 3.45. The summed E-state index contributed by atoms with van der Waals surface area (Å²) in [6.07, 6.45) is 5.87. The van der Waals surface area contributed by atoms with Gasteiger partial charge in [-0.3, -0.25) is 4.79 Å². The summed E-state index contributed by atoms with van der Waals surface area (Å²) >= 11 is 0. The molecular formula is C20H22N4O3. The fraction of sp³-hybridized carbons (Fsp3) is 0.350. The van der Waals surface area contributed by atoms with E-state index in [1.165, 1.54) is 11.1 Å². The number of hydrogen-bond donors (Lipinski definition) is 1. The van der Waals surface area contributed by atoms with Gasteiger partial charge in [0.05, 0.1) is 7.11 Å². The Morgan fingerprint density at radius 2 is 2.30 bits per heavy atom. The molecule has 0 radical (unpaired) electrons. The van der Waals surface area contributed by atoms with E-state index in [9.17, 15) is 4.79 Å². The largest absolute Gasteiger partial charge is 0.497 e. The number of amides is 1. The number of hydrogen-bond acceptors (Lipinski definition) is 5. The second kappa shape index (κ2) is 7.26. The van der Waals surface area contributed by atoms with Gasteiger partial charge in [0, 0.05) is 48.6 Å². The van der Waals surface area contributed by atoms with Crippen molar-refractivity contribution in [3.63, 3.8) is 0 Å². The van der Waals surface area contributed by atoms with E-state index in [0.29, 0.717) is 37.6 Å². The molecule has 2 aromatic heterocycles. The monoisotopic (exact) mass is 366 g/mol. The Balaban J connectivity index is 1.43. The fourth-order valence-electron chi connectivity index (χ4n) is 3.45. The van der Waals surface area contributed by atoms with Gasteiger partial charge in [-0.05, 0) is 37.1 Å². The van der Waals surface area contributed by atoms with Crippen LogP contribution in [-0.4, -0.2) is 46.1 Å². The molecule has 140 valence electrons. The van der Waals surface area contributed by atoms with Crippen LogP contribution in [0.4, 0.5) is 0 Å². The third-order valence-corrected chi connectivity index (χ3v) is 4.92. The second-order valence-electron chi connectivity index (χ2n) is 6.67. The minimum absolute atomic E-state index is 0.113. The zero-order chi connectivity index (χ0) is 18.8. The Morgan fingerprint density at radius 3 is 3.00 bits per heavy atom. The van der Waals surface area contributed by atoms with Crippen LogP contribution in [0.15, 0.2) is 35.0 Å². The quantitative estimate of drug-likeness (QED) is 0.750. The topological polar surface area (TPSA) is 84.2 Å². The highest BCUT2D eigenvalue weighted by Gasteiger charge is 2.20. The third-order valence-electron chi connectivity index (χ3n) is 4.92. The average Bonchev–Trinajstić information content (AvgIpc) is 3.31. The van der Waals surface area contributed by atoms with Gasteiger partial charge in [-0.2, -0.15) is 4.98 Å². The van der Waals surface area contributed by atoms with Gasteiger partial charge in [0.2, 0.25) is 11.8 Å². The molecule has 1 aliphatic heterocycles. The smallest absolute Gasteiger partial charge is 0.227 e. The lowest BCUT2D eigenvalue weighted by Crippen LogP contribution is -2.34. The van der Waals surface area contributed by atoms with Crippen molar-refractivity contribution in [3.05, 3.63) is 47.8 Å². The van der Waals surface area contributed by atoms with Crippen molar-refractivity contribution in [1.29, 1.82) is 0 Å². The molecule has 0 saturated carbocycles. The molecule has 0 fully saturated rings. The highest BCUT2D eigenvalue weighted by Crippen LogP contribution is 2.31. The first-order valence-electron chi connectivity index (χ1n) is 9.05. The standard InChI is InChI=1S/C20H22N4O3/c1-13-22-19(27-23-13)5-6-20(25)24-9-7-14(8-10-24)17-12-21-18-4-3-15(26-2)11-16(17)18/h3-4,7,11-12,21H,5-6,8-10H2,1-2H3. The van der Waals surface area contributed by atoms with E-state index in [1.54, 1.807) is 14.0 Å². The van der Waals surface area contributed by atoms with Crippen LogP contribution in [0.25, 0.3) is 16.5 Å². The second-order valence-corrected chi connectivity index (χ2v) is 6.67. The van der Waals surface area contributed by atoms with Gasteiger partial charge in [0.1, 0.15) is 5.75 Å². The SMILES string of the molecule is COc1ccc2[nH]cc(C3=CCN(C(=O)CCc4nc(C)no4)CC3)c2c1. The molecule has 0 saturated heterocycles. The van der Waals surface area contributed by atoms with E-state index in [4.69, 9.17) is 9.26 Å². The van der Waals surface area contributed by atoms with Crippen LogP contribution in [0.5, 0.6) is 5.75 Å². The summed E-state index contributed by atoms with van der Waals surface area (Å²) in [6.45, 7) is 3.10. The maximum Gasteiger partial charge on any atom is 0.227 e. The molecule has 0 atom stereocenters. The lowest BCUT2D eigenvalue weighted by molar-refractivity contribution is -0.130. The zero-order valence-electron chi connectivity index (χ0n) is 15.5. The minimum atomic E-state index is 0.113. The van der Waals surface area contributed by atoms with Gasteiger partial charge in [-0.1, -0.05) is 11.2 Å². The number of rotatable bonds is 5. The number of fused-ring (bicyclic) bond motifs is 1. The molecule has 3 heterocycles. The van der Waals surface area contributed by atoms with Gasteiger partial charge in [0.15, 0.2) is 5.82 Å². The first-order valence-corrected chi connectivity index (χ1v) is 9.05. The van der Waals surface area contributed by atoms with Crippen LogP contribution in [0.2, 0.25) is 0 Å². The summed E-state index contributed by atoms with van der Waals surface area (Å²) in [4.78, 5) is 21.8. The maximum atomic E-state index is 12.5. The number of nitrogens with one attached hydrogen (secondary N) is 1. The highest BCUT2D eigenvalue weighted by atomic mass is 16.5. The maximum absolute atomic E-state index is 12.5. The van der Waals surface area contributed by atoms with E-state index in [0.717, 1.165) is 23.1 Å². The van der Waals surface area contributed by atoms with Crippen LogP contribution >= 0.6 is 0 Å². The molecular weight excluding hydrogens is 344 g/mol. The van der Waals surface area contributed by atoms with Gasteiger partial charge < -0.3 is 19.1 Å². The molecule has 27 heavy (non-hydrogen) atoms. The van der Waals surface area contributed by atoms with Gasteiger partial charge in [0.25, 0.3) is 0 Å². The summed E-state index contributed by atoms with van der Waals surface area (Å²) in [5.41, 5.74) is 3.52. The summed E-state index contributed by atoms with van der Waals surface area (Å²) in [5.74, 6) is 2.06. The van der Waals surface area contributed by atoms with E-state index in [-0.39, 0.29) is 5.91 Å². The van der Waals surface area contributed by atoms with Crippen LogP contribution < -0.4 is 4.74 Å². The van der Waals surface area contributed by atoms with Crippen molar-refractivity contribution in [3.8, 4) is 5.75 Å². The van der Waals surface area contributed by atoms with Crippen molar-refractivity contribution in [2.75, 3.05) is 20.2 Å². The number of H-pyrrole nitrogens is 1. The average molecular weight is 366 g/mol. The molecule has 1 amide bonds. The molecule has 0 spiro atoms. The van der Waals surface area contributed by atoms with Crippen LogP contribution in [-0.2, 0) is 11.2 Å². The summed E-state index contributed by atoms with van der Waals surface area (Å²) < 4.78 is 10.4. The number of aromatic amines is 1. The highest BCUT2D eigenvalue weighted by molar-refractivity contribution is 5.94. The number of aromatic nitrogens is 3. The number of nitrogens with zero attached hydrogens (tertiary/aromatic N) is 3. The molecule has 1 aliphatic rings. The first kappa shape index (κ1) is 17.3. The van der Waals surface area contributed by atoms with Gasteiger partial charge in [-0.15, -0.1) is 0 Å². The number of benzene rings is 1. The van der Waals surface area contributed by atoms with Crippen molar-refractivity contribution in [1.82, 2.24) is 20.0 Å². The van der Waals surface area contributed by atoms with E-state index >= 15 is 0 Å². The van der Waals surface area contributed by atoms with Crippen molar-refractivity contribution < 1.29 is 14.1 Å². The summed E-state index contributed by atoms with van der Waals surface area (Å²) in [7, 11) is 1.67. The third kappa shape index (κ3) is 3.58. The van der Waals surface area contributed by atoms with Crippen molar-refractivity contribution >= 4 is 22.4 Å². The molecule has 7 heteroatoms. The number of carbonyl (C=O) groups excluding carboxylic acids is 1. The lowest BCUT2D eigenvalue weighted by Gasteiger charge is -2.26. The molecule has 1 aromatic carbocycles. The Hall–Kier alpha value is -3.09. The Bertz CT molecular complexity index is 1000. The lowest BCUT2D eigenvalue weighted by atomic mass is 9.98. The molecule has 3 aromatic rings. The molecule has 4 rings (SSSR count). The molecule has 0 aliphatic carbocycles. The molecule has 7 nitrogen and oxygen atoms in total. The number of methoxy groups -OCH3 is 1. The predicted octanol–water partition coefficient (Wildman–Crippen LogP) is 3.12. The summed E-state index contributed by atoms with van der Waals surface area (Å²) in [5, 5.41) is 4.90. The zero-order valence-corrected chi connectivity index (χ0v) is 15.5. The summed E-state index contributed by atoms with van der Waals surface area (Å²) in [6, 6.07) is 6.02. The molecule has 0 unspecified atom stereocenters. The van der Waals surface area contributed by atoms with E-state index < -0.39 is 0 Å². The number of aryl methyl sites for hydroxylation is 2. The Labute approximate surface area is 157 Å². The number of ether oxygens (including phenoxy) is 1. The first-order chi connectivity index (χ1) is 13.1. The van der Waals surface area contributed by atoms with Crippen molar-refractivity contribution in [2.24, 2.45) is 0 Å². The van der Waals surface area contributed by atoms with Gasteiger partial charge >= 0.3 is 0 Å². The van der Waals surface area contributed by atoms with E-state index in [2.05, 4.69) is 21.2 Å². The van der Waals surface area contributed by atoms with Crippen molar-refractivity contribution in [2.45, 2.75) is 26.2 Å². The van der Waals surface area contributed by atoms with Crippen LogP contribution in [0, 0.1) is 6.92 Å². The molecule has 0 bridgehead atoms. The van der Waals surface area contributed by atoms with Crippen LogP contribution in [0.1, 0.15) is 30.1 Å². The number of carbonyl (C=O) groups is 1. The minimum Gasteiger partial charge on any atom is -0.497 e.